The average molecular weight is 171 g/mol. The first-order valence-corrected chi connectivity index (χ1v) is 5.16. The Hall–Kier alpha value is -0.0800. The van der Waals surface area contributed by atoms with Crippen molar-refractivity contribution in [2.45, 2.75) is 26.7 Å². The number of ether oxygens (including phenoxy) is 1. The molecule has 1 saturated heterocycles. The second-order valence-corrected chi connectivity index (χ2v) is 3.56. The zero-order valence-electron chi connectivity index (χ0n) is 8.38. The number of hydrogen-bond acceptors (Lipinski definition) is 2. The van der Waals surface area contributed by atoms with Gasteiger partial charge in [-0.25, -0.2) is 0 Å². The Morgan fingerprint density at radius 2 is 2.08 bits per heavy atom. The van der Waals surface area contributed by atoms with Crippen LogP contribution in [-0.2, 0) is 4.74 Å². The summed E-state index contributed by atoms with van der Waals surface area (Å²) in [5, 5.41) is 0. The summed E-state index contributed by atoms with van der Waals surface area (Å²) in [4.78, 5) is 2.49. The molecule has 0 N–H and O–H groups in total. The van der Waals surface area contributed by atoms with Gasteiger partial charge in [0, 0.05) is 26.3 Å². The maximum absolute atomic E-state index is 5.29. The maximum atomic E-state index is 5.29. The van der Waals surface area contributed by atoms with E-state index in [1.54, 1.807) is 0 Å². The van der Waals surface area contributed by atoms with Crippen LogP contribution in [0, 0.1) is 5.92 Å². The minimum absolute atomic E-state index is 0.867. The van der Waals surface area contributed by atoms with Crippen molar-refractivity contribution >= 4 is 0 Å². The summed E-state index contributed by atoms with van der Waals surface area (Å²) >= 11 is 0. The lowest BCUT2D eigenvalue weighted by Gasteiger charge is -2.38. The Morgan fingerprint density at radius 3 is 2.67 bits per heavy atom. The molecule has 0 aromatic heterocycles. The molecule has 0 radical (unpaired) electrons. The van der Waals surface area contributed by atoms with Gasteiger partial charge in [0.25, 0.3) is 0 Å². The van der Waals surface area contributed by atoms with E-state index in [0.29, 0.717) is 0 Å². The minimum Gasteiger partial charge on any atom is -0.382 e. The molecule has 2 heteroatoms. The van der Waals surface area contributed by atoms with Crippen LogP contribution in [-0.4, -0.2) is 37.7 Å². The second kappa shape index (κ2) is 5.55. The Labute approximate surface area is 75.9 Å². The molecule has 1 rings (SSSR count). The van der Waals surface area contributed by atoms with Gasteiger partial charge in [0.2, 0.25) is 0 Å². The zero-order valence-corrected chi connectivity index (χ0v) is 8.38. The summed E-state index contributed by atoms with van der Waals surface area (Å²) in [6.07, 6.45) is 2.60. The molecule has 1 aliphatic heterocycles. The SMILES string of the molecule is CCOCCCC1CN(CC)C1. The topological polar surface area (TPSA) is 12.5 Å². The highest BCUT2D eigenvalue weighted by atomic mass is 16.5. The van der Waals surface area contributed by atoms with Gasteiger partial charge in [0.05, 0.1) is 0 Å². The largest absolute Gasteiger partial charge is 0.382 e. The van der Waals surface area contributed by atoms with Crippen molar-refractivity contribution in [3.63, 3.8) is 0 Å². The van der Waals surface area contributed by atoms with Crippen molar-refractivity contribution < 1.29 is 4.74 Å². The molecular formula is C10H21NO. The molecule has 72 valence electrons. The molecule has 2 nitrogen and oxygen atoms in total. The van der Waals surface area contributed by atoms with Crippen LogP contribution in [0.3, 0.4) is 0 Å². The van der Waals surface area contributed by atoms with Crippen LogP contribution in [0.4, 0.5) is 0 Å². The van der Waals surface area contributed by atoms with Crippen LogP contribution in [0.1, 0.15) is 26.7 Å². The molecule has 0 aromatic carbocycles. The lowest BCUT2D eigenvalue weighted by atomic mass is 9.95. The monoisotopic (exact) mass is 171 g/mol. The Balaban J connectivity index is 1.83. The van der Waals surface area contributed by atoms with Crippen LogP contribution in [0.2, 0.25) is 0 Å². The van der Waals surface area contributed by atoms with Crippen molar-refractivity contribution in [2.75, 3.05) is 32.8 Å². The smallest absolute Gasteiger partial charge is 0.0466 e. The quantitative estimate of drug-likeness (QED) is 0.565. The van der Waals surface area contributed by atoms with Gasteiger partial charge in [-0.15, -0.1) is 0 Å². The number of nitrogens with zero attached hydrogens (tertiary/aromatic N) is 1. The van der Waals surface area contributed by atoms with Crippen molar-refractivity contribution in [1.29, 1.82) is 0 Å². The molecule has 1 aliphatic rings. The fraction of sp³-hybridized carbons (Fsp3) is 1.00. The van der Waals surface area contributed by atoms with Gasteiger partial charge < -0.3 is 9.64 Å². The highest BCUT2D eigenvalue weighted by molar-refractivity contribution is 4.78. The third kappa shape index (κ3) is 3.11. The van der Waals surface area contributed by atoms with E-state index < -0.39 is 0 Å². The van der Waals surface area contributed by atoms with E-state index in [-0.39, 0.29) is 0 Å². The van der Waals surface area contributed by atoms with E-state index in [1.807, 2.05) is 0 Å². The van der Waals surface area contributed by atoms with Crippen LogP contribution in [0.5, 0.6) is 0 Å². The molecule has 0 bridgehead atoms. The molecule has 0 amide bonds. The Kier molecular flexibility index (Phi) is 4.62. The summed E-state index contributed by atoms with van der Waals surface area (Å²) in [6.45, 7) is 9.98. The van der Waals surface area contributed by atoms with Gasteiger partial charge in [-0.3, -0.25) is 0 Å². The fourth-order valence-corrected chi connectivity index (χ4v) is 1.74. The molecule has 12 heavy (non-hydrogen) atoms. The van der Waals surface area contributed by atoms with E-state index in [2.05, 4.69) is 18.7 Å². The standard InChI is InChI=1S/C10H21NO/c1-3-11-8-10(9-11)6-5-7-12-4-2/h10H,3-9H2,1-2H3. The van der Waals surface area contributed by atoms with Crippen molar-refractivity contribution in [3.05, 3.63) is 0 Å². The zero-order chi connectivity index (χ0) is 8.81. The summed E-state index contributed by atoms with van der Waals surface area (Å²) in [5.74, 6) is 0.963. The predicted octanol–water partition coefficient (Wildman–Crippen LogP) is 1.75. The molecule has 0 saturated carbocycles. The molecule has 0 aromatic rings. The molecular weight excluding hydrogens is 150 g/mol. The molecule has 0 atom stereocenters. The van der Waals surface area contributed by atoms with Crippen LogP contribution < -0.4 is 0 Å². The van der Waals surface area contributed by atoms with E-state index in [4.69, 9.17) is 4.74 Å². The number of hydrogen-bond donors (Lipinski definition) is 0. The van der Waals surface area contributed by atoms with Gasteiger partial charge in [-0.2, -0.15) is 0 Å². The third-order valence-corrected chi connectivity index (χ3v) is 2.59. The maximum Gasteiger partial charge on any atom is 0.0466 e. The molecule has 0 aliphatic carbocycles. The van der Waals surface area contributed by atoms with Crippen LogP contribution in [0.15, 0.2) is 0 Å². The molecule has 0 spiro atoms. The number of rotatable bonds is 6. The first-order chi connectivity index (χ1) is 5.86. The lowest BCUT2D eigenvalue weighted by molar-refractivity contribution is 0.0836. The van der Waals surface area contributed by atoms with Crippen molar-refractivity contribution in [1.82, 2.24) is 4.90 Å². The van der Waals surface area contributed by atoms with Gasteiger partial charge >= 0.3 is 0 Å². The second-order valence-electron chi connectivity index (χ2n) is 3.56. The fourth-order valence-electron chi connectivity index (χ4n) is 1.74. The van der Waals surface area contributed by atoms with Crippen LogP contribution >= 0.6 is 0 Å². The summed E-state index contributed by atoms with van der Waals surface area (Å²) in [7, 11) is 0. The Morgan fingerprint density at radius 1 is 1.33 bits per heavy atom. The average Bonchev–Trinajstić information content (AvgIpc) is 2.01. The van der Waals surface area contributed by atoms with E-state index in [9.17, 15) is 0 Å². The predicted molar refractivity (Wildman–Crippen MR) is 51.3 cm³/mol. The third-order valence-electron chi connectivity index (χ3n) is 2.59. The van der Waals surface area contributed by atoms with Crippen LogP contribution in [0.25, 0.3) is 0 Å². The summed E-state index contributed by atoms with van der Waals surface area (Å²) < 4.78 is 5.29. The van der Waals surface area contributed by atoms with Gasteiger partial charge in [0.1, 0.15) is 0 Å². The normalized spacial score (nSPS) is 19.5. The molecule has 1 heterocycles. The van der Waals surface area contributed by atoms with E-state index >= 15 is 0 Å². The summed E-state index contributed by atoms with van der Waals surface area (Å²) in [6, 6.07) is 0. The lowest BCUT2D eigenvalue weighted by Crippen LogP contribution is -2.46. The van der Waals surface area contributed by atoms with Crippen molar-refractivity contribution in [2.24, 2.45) is 5.92 Å². The first kappa shape index (κ1) is 10.0. The van der Waals surface area contributed by atoms with E-state index in [1.165, 1.54) is 32.5 Å². The molecule has 1 fully saturated rings. The highest BCUT2D eigenvalue weighted by Gasteiger charge is 2.23. The first-order valence-electron chi connectivity index (χ1n) is 5.16. The van der Waals surface area contributed by atoms with Crippen molar-refractivity contribution in [3.8, 4) is 0 Å². The summed E-state index contributed by atoms with van der Waals surface area (Å²) in [5.41, 5.74) is 0. The van der Waals surface area contributed by atoms with Gasteiger partial charge in [-0.05, 0) is 32.2 Å². The van der Waals surface area contributed by atoms with E-state index in [0.717, 1.165) is 19.1 Å². The highest BCUT2D eigenvalue weighted by Crippen LogP contribution is 2.19. The van der Waals surface area contributed by atoms with Gasteiger partial charge in [0.15, 0.2) is 0 Å². The minimum atomic E-state index is 0.867. The van der Waals surface area contributed by atoms with Gasteiger partial charge in [-0.1, -0.05) is 6.92 Å². The molecule has 0 unspecified atom stereocenters. The Bertz CT molecular complexity index is 110. The number of likely N-dealkylation sites (tertiary alicyclic amines) is 1.